The van der Waals surface area contributed by atoms with Crippen molar-refractivity contribution in [2.45, 2.75) is 32.1 Å². The molecule has 1 heterocycles. The van der Waals surface area contributed by atoms with Gasteiger partial charge in [-0.15, -0.1) is 0 Å². The maximum Gasteiger partial charge on any atom is 0.303 e. The molecule has 0 aliphatic carbocycles. The van der Waals surface area contributed by atoms with Gasteiger partial charge in [-0.25, -0.2) is 0 Å². The van der Waals surface area contributed by atoms with E-state index in [2.05, 4.69) is 4.90 Å². The van der Waals surface area contributed by atoms with E-state index in [0.29, 0.717) is 5.92 Å². The zero-order valence-corrected chi connectivity index (χ0v) is 9.19. The number of unbranched alkanes of at least 4 members (excludes halogenated alkanes) is 1. The minimum atomic E-state index is -0.699. The molecular weight excluding hydrogens is 194 g/mol. The summed E-state index contributed by atoms with van der Waals surface area (Å²) >= 11 is 0. The summed E-state index contributed by atoms with van der Waals surface area (Å²) in [6.07, 6.45) is 4.12. The highest BCUT2D eigenvalue weighted by Gasteiger charge is 2.20. The lowest BCUT2D eigenvalue weighted by molar-refractivity contribution is -0.137. The third kappa shape index (κ3) is 5.14. The van der Waals surface area contributed by atoms with E-state index in [9.17, 15) is 4.79 Å². The highest BCUT2D eigenvalue weighted by Crippen LogP contribution is 2.19. The first-order valence-electron chi connectivity index (χ1n) is 5.77. The van der Waals surface area contributed by atoms with Crippen molar-refractivity contribution in [3.05, 3.63) is 0 Å². The summed E-state index contributed by atoms with van der Waals surface area (Å²) in [4.78, 5) is 12.7. The van der Waals surface area contributed by atoms with Crippen LogP contribution in [0.3, 0.4) is 0 Å². The van der Waals surface area contributed by atoms with Crippen molar-refractivity contribution in [2.24, 2.45) is 5.92 Å². The largest absolute Gasteiger partial charge is 0.481 e. The van der Waals surface area contributed by atoms with E-state index in [1.54, 1.807) is 0 Å². The summed E-state index contributed by atoms with van der Waals surface area (Å²) in [7, 11) is 0. The van der Waals surface area contributed by atoms with Crippen LogP contribution in [0.25, 0.3) is 0 Å². The molecule has 0 aromatic heterocycles. The summed E-state index contributed by atoms with van der Waals surface area (Å²) < 4.78 is 0. The Bertz CT molecular complexity index is 196. The molecule has 88 valence electrons. The van der Waals surface area contributed by atoms with Crippen molar-refractivity contribution >= 4 is 5.97 Å². The van der Waals surface area contributed by atoms with Crippen molar-refractivity contribution in [1.82, 2.24) is 4.90 Å². The van der Waals surface area contributed by atoms with E-state index in [0.717, 1.165) is 38.9 Å². The van der Waals surface area contributed by atoms with Gasteiger partial charge in [0, 0.05) is 19.6 Å². The molecule has 0 saturated carbocycles. The number of carbonyl (C=O) groups is 1. The van der Waals surface area contributed by atoms with Gasteiger partial charge in [0.1, 0.15) is 0 Å². The van der Waals surface area contributed by atoms with Crippen LogP contribution in [-0.4, -0.2) is 47.3 Å². The molecule has 0 aromatic carbocycles. The predicted molar refractivity (Wildman–Crippen MR) is 57.7 cm³/mol. The molecule has 4 nitrogen and oxygen atoms in total. The van der Waals surface area contributed by atoms with Crippen LogP contribution in [0.4, 0.5) is 0 Å². The predicted octanol–water partition coefficient (Wildman–Crippen LogP) is 0.946. The maximum atomic E-state index is 10.3. The summed E-state index contributed by atoms with van der Waals surface area (Å²) in [5.41, 5.74) is 0. The Labute approximate surface area is 90.9 Å². The second-order valence-corrected chi connectivity index (χ2v) is 4.32. The number of aliphatic carboxylic acids is 1. The maximum absolute atomic E-state index is 10.3. The first-order chi connectivity index (χ1) is 7.22. The molecule has 0 radical (unpaired) electrons. The van der Waals surface area contributed by atoms with Crippen LogP contribution in [0.5, 0.6) is 0 Å². The van der Waals surface area contributed by atoms with E-state index in [1.165, 1.54) is 6.42 Å². The van der Waals surface area contributed by atoms with E-state index in [-0.39, 0.29) is 13.0 Å². The van der Waals surface area contributed by atoms with Gasteiger partial charge in [0.05, 0.1) is 0 Å². The Morgan fingerprint density at radius 1 is 1.40 bits per heavy atom. The van der Waals surface area contributed by atoms with E-state index < -0.39 is 5.97 Å². The molecule has 0 spiro atoms. The minimum absolute atomic E-state index is 0.286. The third-order valence-corrected chi connectivity index (χ3v) is 3.02. The molecule has 1 atom stereocenters. The standard InChI is InChI=1S/C11H21NO3/c13-8-5-10-4-7-12(9-10)6-2-1-3-11(14)15/h10,13H,1-9H2,(H,14,15). The topological polar surface area (TPSA) is 60.8 Å². The fourth-order valence-electron chi connectivity index (χ4n) is 2.15. The molecule has 1 unspecified atom stereocenters. The lowest BCUT2D eigenvalue weighted by atomic mass is 10.1. The molecule has 1 aliphatic rings. The number of nitrogens with zero attached hydrogens (tertiary/aromatic N) is 1. The van der Waals surface area contributed by atoms with Gasteiger partial charge in [0.2, 0.25) is 0 Å². The molecule has 1 aliphatic heterocycles. The monoisotopic (exact) mass is 215 g/mol. The van der Waals surface area contributed by atoms with Crippen LogP contribution in [0.15, 0.2) is 0 Å². The Kier molecular flexibility index (Phi) is 5.65. The van der Waals surface area contributed by atoms with Gasteiger partial charge in [-0.2, -0.15) is 0 Å². The van der Waals surface area contributed by atoms with Gasteiger partial charge in [-0.3, -0.25) is 4.79 Å². The molecule has 1 saturated heterocycles. The van der Waals surface area contributed by atoms with Gasteiger partial charge >= 0.3 is 5.97 Å². The second-order valence-electron chi connectivity index (χ2n) is 4.32. The highest BCUT2D eigenvalue weighted by molar-refractivity contribution is 5.66. The van der Waals surface area contributed by atoms with Crippen LogP contribution in [0.1, 0.15) is 32.1 Å². The lowest BCUT2D eigenvalue weighted by Crippen LogP contribution is -2.22. The Morgan fingerprint density at radius 2 is 2.20 bits per heavy atom. The van der Waals surface area contributed by atoms with E-state index >= 15 is 0 Å². The van der Waals surface area contributed by atoms with Crippen molar-refractivity contribution < 1.29 is 15.0 Å². The lowest BCUT2D eigenvalue weighted by Gasteiger charge is -2.15. The average Bonchev–Trinajstić information content (AvgIpc) is 2.61. The van der Waals surface area contributed by atoms with Crippen LogP contribution < -0.4 is 0 Å². The van der Waals surface area contributed by atoms with Crippen molar-refractivity contribution in [3.63, 3.8) is 0 Å². The number of carboxylic acid groups (broad SMARTS) is 1. The highest BCUT2D eigenvalue weighted by atomic mass is 16.4. The molecular formula is C11H21NO3. The normalized spacial score (nSPS) is 22.1. The number of rotatable bonds is 7. The average molecular weight is 215 g/mol. The molecule has 0 amide bonds. The Morgan fingerprint density at radius 3 is 2.87 bits per heavy atom. The second kappa shape index (κ2) is 6.80. The minimum Gasteiger partial charge on any atom is -0.481 e. The summed E-state index contributed by atoms with van der Waals surface area (Å²) in [6.45, 7) is 3.48. The van der Waals surface area contributed by atoms with Crippen LogP contribution in [-0.2, 0) is 4.79 Å². The van der Waals surface area contributed by atoms with Crippen molar-refractivity contribution in [2.75, 3.05) is 26.2 Å². The van der Waals surface area contributed by atoms with Gasteiger partial charge in [0.15, 0.2) is 0 Å². The molecule has 0 aromatic rings. The van der Waals surface area contributed by atoms with E-state index in [4.69, 9.17) is 10.2 Å². The Hall–Kier alpha value is -0.610. The smallest absolute Gasteiger partial charge is 0.303 e. The quantitative estimate of drug-likeness (QED) is 0.621. The first-order valence-corrected chi connectivity index (χ1v) is 5.77. The summed E-state index contributed by atoms with van der Waals surface area (Å²) in [5.74, 6) is -0.0518. The third-order valence-electron chi connectivity index (χ3n) is 3.02. The molecule has 1 rings (SSSR count). The number of aliphatic hydroxyl groups excluding tert-OH is 1. The van der Waals surface area contributed by atoms with Crippen molar-refractivity contribution in [1.29, 1.82) is 0 Å². The zero-order valence-electron chi connectivity index (χ0n) is 9.19. The van der Waals surface area contributed by atoms with Gasteiger partial charge < -0.3 is 15.1 Å². The SMILES string of the molecule is O=C(O)CCCCN1CCC(CCO)C1. The number of likely N-dealkylation sites (tertiary alicyclic amines) is 1. The van der Waals surface area contributed by atoms with E-state index in [1.807, 2.05) is 0 Å². The van der Waals surface area contributed by atoms with Gasteiger partial charge in [-0.1, -0.05) is 0 Å². The number of hydrogen-bond donors (Lipinski definition) is 2. The first kappa shape index (κ1) is 12.5. The zero-order chi connectivity index (χ0) is 11.1. The Balaban J connectivity index is 2.01. The molecule has 4 heteroatoms. The number of aliphatic hydroxyl groups is 1. The number of carboxylic acids is 1. The van der Waals surface area contributed by atoms with Gasteiger partial charge in [-0.05, 0) is 44.7 Å². The van der Waals surface area contributed by atoms with Crippen LogP contribution in [0.2, 0.25) is 0 Å². The summed E-state index contributed by atoms with van der Waals surface area (Å²) in [5, 5.41) is 17.3. The molecule has 1 fully saturated rings. The summed E-state index contributed by atoms with van der Waals surface area (Å²) in [6, 6.07) is 0. The molecule has 2 N–H and O–H groups in total. The fourth-order valence-corrected chi connectivity index (χ4v) is 2.15. The molecule has 15 heavy (non-hydrogen) atoms. The van der Waals surface area contributed by atoms with Crippen LogP contribution in [0, 0.1) is 5.92 Å². The molecule has 0 bridgehead atoms. The van der Waals surface area contributed by atoms with Crippen molar-refractivity contribution in [3.8, 4) is 0 Å². The number of hydrogen-bond acceptors (Lipinski definition) is 3. The fraction of sp³-hybridized carbons (Fsp3) is 0.909. The van der Waals surface area contributed by atoms with Crippen LogP contribution >= 0.6 is 0 Å². The van der Waals surface area contributed by atoms with Gasteiger partial charge in [0.25, 0.3) is 0 Å².